The van der Waals surface area contributed by atoms with Crippen LogP contribution in [-0.4, -0.2) is 42.0 Å². The SMILES string of the molecule is CN(CCC(=O)O)CCC(=O)Nc1ccc(F)cc1. The summed E-state index contributed by atoms with van der Waals surface area (Å²) in [5, 5.41) is 11.2. The third-order valence-corrected chi connectivity index (χ3v) is 2.56. The lowest BCUT2D eigenvalue weighted by molar-refractivity contribution is -0.137. The zero-order chi connectivity index (χ0) is 14.3. The highest BCUT2D eigenvalue weighted by molar-refractivity contribution is 5.90. The maximum absolute atomic E-state index is 12.7. The fourth-order valence-corrected chi connectivity index (χ4v) is 1.45. The van der Waals surface area contributed by atoms with Crippen molar-refractivity contribution >= 4 is 17.6 Å². The number of hydrogen-bond donors (Lipinski definition) is 2. The quantitative estimate of drug-likeness (QED) is 0.787. The number of carbonyl (C=O) groups excluding carboxylic acids is 1. The third kappa shape index (κ3) is 6.52. The molecule has 0 atom stereocenters. The minimum atomic E-state index is -0.859. The number of nitrogens with one attached hydrogen (secondary N) is 1. The Balaban J connectivity index is 2.27. The Kier molecular flexibility index (Phi) is 5.95. The van der Waals surface area contributed by atoms with Gasteiger partial charge in [0.2, 0.25) is 5.91 Å². The molecule has 0 aliphatic carbocycles. The van der Waals surface area contributed by atoms with E-state index in [4.69, 9.17) is 5.11 Å². The van der Waals surface area contributed by atoms with Gasteiger partial charge in [0.25, 0.3) is 0 Å². The molecule has 0 bridgehead atoms. The van der Waals surface area contributed by atoms with Gasteiger partial charge in [-0.15, -0.1) is 0 Å². The van der Waals surface area contributed by atoms with E-state index in [2.05, 4.69) is 5.32 Å². The number of aliphatic carboxylic acids is 1. The van der Waals surface area contributed by atoms with E-state index >= 15 is 0 Å². The molecule has 1 aromatic rings. The molecule has 1 aromatic carbocycles. The van der Waals surface area contributed by atoms with Gasteiger partial charge in [-0.3, -0.25) is 9.59 Å². The van der Waals surface area contributed by atoms with Crippen molar-refractivity contribution in [2.75, 3.05) is 25.5 Å². The van der Waals surface area contributed by atoms with E-state index in [0.717, 1.165) is 0 Å². The number of anilines is 1. The zero-order valence-electron chi connectivity index (χ0n) is 10.7. The lowest BCUT2D eigenvalue weighted by Gasteiger charge is -2.14. The van der Waals surface area contributed by atoms with Crippen LogP contribution in [0.3, 0.4) is 0 Å². The van der Waals surface area contributed by atoms with Crippen LogP contribution in [0, 0.1) is 5.82 Å². The Morgan fingerprint density at radius 2 is 1.79 bits per heavy atom. The van der Waals surface area contributed by atoms with Crippen LogP contribution in [0.1, 0.15) is 12.8 Å². The highest BCUT2D eigenvalue weighted by Crippen LogP contribution is 2.08. The van der Waals surface area contributed by atoms with E-state index in [1.54, 1.807) is 11.9 Å². The summed E-state index contributed by atoms with van der Waals surface area (Å²) in [5.41, 5.74) is 0.541. The van der Waals surface area contributed by atoms with Gasteiger partial charge in [0.05, 0.1) is 6.42 Å². The van der Waals surface area contributed by atoms with Crippen molar-refractivity contribution in [2.24, 2.45) is 0 Å². The second-order valence-electron chi connectivity index (χ2n) is 4.25. The number of carboxylic acid groups (broad SMARTS) is 1. The summed E-state index contributed by atoms with van der Waals surface area (Å²) in [5.74, 6) is -1.40. The van der Waals surface area contributed by atoms with Gasteiger partial charge < -0.3 is 15.3 Å². The third-order valence-electron chi connectivity index (χ3n) is 2.56. The molecular weight excluding hydrogens is 251 g/mol. The van der Waals surface area contributed by atoms with Crippen molar-refractivity contribution in [3.8, 4) is 0 Å². The molecule has 0 aliphatic rings. The summed E-state index contributed by atoms with van der Waals surface area (Å²) in [7, 11) is 1.76. The number of nitrogens with zero attached hydrogens (tertiary/aromatic N) is 1. The summed E-state index contributed by atoms with van der Waals surface area (Å²) < 4.78 is 12.7. The molecule has 1 amide bonds. The van der Waals surface area contributed by atoms with Crippen molar-refractivity contribution in [3.05, 3.63) is 30.1 Å². The maximum Gasteiger partial charge on any atom is 0.304 e. The van der Waals surface area contributed by atoms with Crippen molar-refractivity contribution in [1.82, 2.24) is 4.90 Å². The molecule has 0 fully saturated rings. The normalized spacial score (nSPS) is 10.5. The van der Waals surface area contributed by atoms with Gasteiger partial charge in [0.15, 0.2) is 0 Å². The number of carbonyl (C=O) groups is 2. The predicted octanol–water partition coefficient (Wildman–Crippen LogP) is 1.56. The lowest BCUT2D eigenvalue weighted by atomic mass is 10.3. The Labute approximate surface area is 111 Å². The fourth-order valence-electron chi connectivity index (χ4n) is 1.45. The molecular formula is C13H17FN2O3. The van der Waals surface area contributed by atoms with Crippen molar-refractivity contribution < 1.29 is 19.1 Å². The molecule has 0 saturated carbocycles. The summed E-state index contributed by atoms with van der Waals surface area (Å²) in [6, 6.07) is 5.52. The van der Waals surface area contributed by atoms with E-state index in [1.807, 2.05) is 0 Å². The Morgan fingerprint density at radius 1 is 1.21 bits per heavy atom. The van der Waals surface area contributed by atoms with Crippen LogP contribution in [0.15, 0.2) is 24.3 Å². The van der Waals surface area contributed by atoms with Crippen LogP contribution < -0.4 is 5.32 Å². The molecule has 0 saturated heterocycles. The number of rotatable bonds is 7. The van der Waals surface area contributed by atoms with Gasteiger partial charge in [-0.1, -0.05) is 0 Å². The molecule has 0 unspecified atom stereocenters. The van der Waals surface area contributed by atoms with Crippen LogP contribution in [0.5, 0.6) is 0 Å². The number of amides is 1. The first-order valence-electron chi connectivity index (χ1n) is 5.93. The monoisotopic (exact) mass is 268 g/mol. The van der Waals surface area contributed by atoms with E-state index in [0.29, 0.717) is 18.8 Å². The van der Waals surface area contributed by atoms with E-state index in [9.17, 15) is 14.0 Å². The largest absolute Gasteiger partial charge is 0.481 e. The summed E-state index contributed by atoms with van der Waals surface area (Å²) in [4.78, 5) is 23.7. The highest BCUT2D eigenvalue weighted by atomic mass is 19.1. The standard InChI is InChI=1S/C13H17FN2O3/c1-16(9-7-13(18)19)8-6-12(17)15-11-4-2-10(14)3-5-11/h2-5H,6-9H2,1H3,(H,15,17)(H,18,19). The number of benzene rings is 1. The first kappa shape index (κ1) is 15.1. The van der Waals surface area contributed by atoms with Gasteiger partial charge in [-0.2, -0.15) is 0 Å². The van der Waals surface area contributed by atoms with Gasteiger partial charge in [-0.05, 0) is 31.3 Å². The molecule has 0 heterocycles. The van der Waals surface area contributed by atoms with Gasteiger partial charge >= 0.3 is 5.97 Å². The molecule has 2 N–H and O–H groups in total. The van der Waals surface area contributed by atoms with Crippen LogP contribution in [0.25, 0.3) is 0 Å². The molecule has 1 rings (SSSR count). The number of carboxylic acids is 1. The first-order chi connectivity index (χ1) is 8.97. The molecule has 0 radical (unpaired) electrons. The second kappa shape index (κ2) is 7.48. The minimum Gasteiger partial charge on any atom is -0.481 e. The second-order valence-corrected chi connectivity index (χ2v) is 4.25. The van der Waals surface area contributed by atoms with E-state index in [1.165, 1.54) is 24.3 Å². The molecule has 0 aliphatic heterocycles. The highest BCUT2D eigenvalue weighted by Gasteiger charge is 2.06. The topological polar surface area (TPSA) is 69.6 Å². The van der Waals surface area contributed by atoms with Crippen molar-refractivity contribution in [2.45, 2.75) is 12.8 Å². The van der Waals surface area contributed by atoms with Crippen LogP contribution in [0.2, 0.25) is 0 Å². The van der Waals surface area contributed by atoms with Gasteiger partial charge in [0, 0.05) is 25.2 Å². The average Bonchev–Trinajstić information content (AvgIpc) is 2.36. The van der Waals surface area contributed by atoms with Gasteiger partial charge in [0.1, 0.15) is 5.82 Å². The summed E-state index contributed by atoms with van der Waals surface area (Å²) in [6.07, 6.45) is 0.309. The van der Waals surface area contributed by atoms with Crippen molar-refractivity contribution in [3.63, 3.8) is 0 Å². The van der Waals surface area contributed by atoms with Gasteiger partial charge in [-0.25, -0.2) is 4.39 Å². The van der Waals surface area contributed by atoms with Crippen molar-refractivity contribution in [1.29, 1.82) is 0 Å². The average molecular weight is 268 g/mol. The molecule has 6 heteroatoms. The van der Waals surface area contributed by atoms with E-state index in [-0.39, 0.29) is 24.6 Å². The van der Waals surface area contributed by atoms with E-state index < -0.39 is 5.97 Å². The maximum atomic E-state index is 12.7. The Morgan fingerprint density at radius 3 is 2.37 bits per heavy atom. The zero-order valence-corrected chi connectivity index (χ0v) is 10.7. The predicted molar refractivity (Wildman–Crippen MR) is 69.4 cm³/mol. The molecule has 104 valence electrons. The Hall–Kier alpha value is -1.95. The first-order valence-corrected chi connectivity index (χ1v) is 5.93. The van der Waals surface area contributed by atoms with Crippen LogP contribution in [0.4, 0.5) is 10.1 Å². The van der Waals surface area contributed by atoms with Crippen LogP contribution in [-0.2, 0) is 9.59 Å². The fraction of sp³-hybridized carbons (Fsp3) is 0.385. The lowest BCUT2D eigenvalue weighted by Crippen LogP contribution is -2.26. The molecule has 0 spiro atoms. The summed E-state index contributed by atoms with van der Waals surface area (Å²) >= 11 is 0. The molecule has 19 heavy (non-hydrogen) atoms. The Bertz CT molecular complexity index is 434. The minimum absolute atomic E-state index is 0.0517. The smallest absolute Gasteiger partial charge is 0.304 e. The number of hydrogen-bond acceptors (Lipinski definition) is 3. The molecule has 5 nitrogen and oxygen atoms in total. The van der Waals surface area contributed by atoms with Crippen LogP contribution >= 0.6 is 0 Å². The molecule has 0 aromatic heterocycles. The number of halogens is 1. The summed E-state index contributed by atoms with van der Waals surface area (Å²) in [6.45, 7) is 0.874.